The Kier molecular flexibility index (Phi) is 4.08. The number of nitro groups is 1. The Labute approximate surface area is 87.0 Å². The molecular weight excluding hydrogens is 196 g/mol. The van der Waals surface area contributed by atoms with Crippen LogP contribution >= 0.6 is 0 Å². The minimum Gasteiger partial charge on any atom is -0.380 e. The zero-order valence-corrected chi connectivity index (χ0v) is 8.09. The molecule has 6 heteroatoms. The van der Waals surface area contributed by atoms with Crippen LogP contribution in [0.15, 0.2) is 36.4 Å². The van der Waals surface area contributed by atoms with Crippen LogP contribution in [0, 0.1) is 10.1 Å². The summed E-state index contributed by atoms with van der Waals surface area (Å²) < 4.78 is 0. The molecule has 0 saturated carbocycles. The molecule has 0 aromatic carbocycles. The first kappa shape index (κ1) is 11.0. The van der Waals surface area contributed by atoms with Gasteiger partial charge in [-0.1, -0.05) is 6.07 Å². The minimum atomic E-state index is -0.594. The molecule has 0 atom stereocenters. The molecule has 0 amide bonds. The fraction of sp³-hybridized carbons (Fsp3) is 0.222. The molecule has 3 N–H and O–H groups in total. The summed E-state index contributed by atoms with van der Waals surface area (Å²) in [6, 6.07) is 5.60. The summed E-state index contributed by atoms with van der Waals surface area (Å²) in [6.07, 6.45) is 3.11. The highest BCUT2D eigenvalue weighted by Gasteiger charge is 1.97. The Morgan fingerprint density at radius 1 is 1.67 bits per heavy atom. The van der Waals surface area contributed by atoms with Crippen molar-refractivity contribution in [2.45, 2.75) is 6.42 Å². The standard InChI is InChI=1S/C9H12N4O2/c10-9(7-13(14)15)12-6-4-8-3-1-2-5-11-8/h1-3,5,7,12H,4,6,10H2. The molecule has 0 unspecified atom stereocenters. The SMILES string of the molecule is NC(=C[N+](=O)[O-])NCCc1ccccn1. The molecule has 0 aliphatic heterocycles. The topological polar surface area (TPSA) is 94.1 Å². The van der Waals surface area contributed by atoms with Crippen LogP contribution in [0.1, 0.15) is 5.69 Å². The maximum atomic E-state index is 10.0. The molecule has 0 saturated heterocycles. The maximum absolute atomic E-state index is 10.0. The smallest absolute Gasteiger partial charge is 0.273 e. The van der Waals surface area contributed by atoms with Crippen LogP contribution in [-0.4, -0.2) is 16.5 Å². The largest absolute Gasteiger partial charge is 0.380 e. The number of nitrogens with one attached hydrogen (secondary N) is 1. The van der Waals surface area contributed by atoms with Gasteiger partial charge in [0.2, 0.25) is 0 Å². The molecule has 6 nitrogen and oxygen atoms in total. The first-order valence-electron chi connectivity index (χ1n) is 4.43. The fourth-order valence-electron chi connectivity index (χ4n) is 1.04. The molecule has 0 radical (unpaired) electrons. The molecule has 0 aliphatic rings. The number of hydrogen-bond donors (Lipinski definition) is 2. The van der Waals surface area contributed by atoms with Gasteiger partial charge in [-0.25, -0.2) is 0 Å². The Morgan fingerprint density at radius 3 is 3.07 bits per heavy atom. The van der Waals surface area contributed by atoms with Gasteiger partial charge >= 0.3 is 0 Å². The van der Waals surface area contributed by atoms with Crippen molar-refractivity contribution in [1.82, 2.24) is 10.3 Å². The fourth-order valence-corrected chi connectivity index (χ4v) is 1.04. The molecule has 1 aromatic rings. The van der Waals surface area contributed by atoms with E-state index >= 15 is 0 Å². The van der Waals surface area contributed by atoms with Crippen molar-refractivity contribution in [3.63, 3.8) is 0 Å². The summed E-state index contributed by atoms with van der Waals surface area (Å²) in [7, 11) is 0. The number of aromatic nitrogens is 1. The van der Waals surface area contributed by atoms with Gasteiger partial charge in [0.25, 0.3) is 6.20 Å². The van der Waals surface area contributed by atoms with Gasteiger partial charge in [-0.2, -0.15) is 0 Å². The van der Waals surface area contributed by atoms with Gasteiger partial charge in [0.05, 0.1) is 4.92 Å². The summed E-state index contributed by atoms with van der Waals surface area (Å²) in [5, 5.41) is 12.8. The van der Waals surface area contributed by atoms with E-state index < -0.39 is 4.92 Å². The van der Waals surface area contributed by atoms with E-state index in [0.717, 1.165) is 11.9 Å². The number of nitrogens with two attached hydrogens (primary N) is 1. The van der Waals surface area contributed by atoms with Gasteiger partial charge < -0.3 is 11.1 Å². The van der Waals surface area contributed by atoms with E-state index in [1.54, 1.807) is 6.20 Å². The van der Waals surface area contributed by atoms with Crippen LogP contribution in [-0.2, 0) is 6.42 Å². The Balaban J connectivity index is 2.31. The van der Waals surface area contributed by atoms with E-state index in [-0.39, 0.29) is 5.82 Å². The van der Waals surface area contributed by atoms with E-state index in [9.17, 15) is 10.1 Å². The average molecular weight is 208 g/mol. The second-order valence-corrected chi connectivity index (χ2v) is 2.87. The first-order chi connectivity index (χ1) is 7.18. The Hall–Kier alpha value is -2.11. The monoisotopic (exact) mass is 208 g/mol. The zero-order valence-electron chi connectivity index (χ0n) is 8.09. The third kappa shape index (κ3) is 4.61. The molecule has 0 fully saturated rings. The maximum Gasteiger partial charge on any atom is 0.273 e. The van der Waals surface area contributed by atoms with Crippen LogP contribution in [0.4, 0.5) is 0 Å². The van der Waals surface area contributed by atoms with Crippen molar-refractivity contribution >= 4 is 0 Å². The summed E-state index contributed by atoms with van der Waals surface area (Å²) in [5.41, 5.74) is 6.24. The van der Waals surface area contributed by atoms with Gasteiger partial charge in [-0.15, -0.1) is 0 Å². The first-order valence-corrected chi connectivity index (χ1v) is 4.43. The molecule has 15 heavy (non-hydrogen) atoms. The summed E-state index contributed by atoms with van der Waals surface area (Å²) in [6.45, 7) is 0.521. The van der Waals surface area contributed by atoms with E-state index in [1.165, 1.54) is 0 Å². The van der Waals surface area contributed by atoms with Gasteiger partial charge in [0.1, 0.15) is 0 Å². The van der Waals surface area contributed by atoms with Crippen LogP contribution in [0.25, 0.3) is 0 Å². The molecule has 80 valence electrons. The van der Waals surface area contributed by atoms with Gasteiger partial charge in [-0.05, 0) is 12.1 Å². The quantitative estimate of drug-likeness (QED) is 0.534. The number of nitrogens with zero attached hydrogens (tertiary/aromatic N) is 2. The van der Waals surface area contributed by atoms with Crippen molar-refractivity contribution in [2.24, 2.45) is 5.73 Å². The second kappa shape index (κ2) is 5.58. The van der Waals surface area contributed by atoms with Crippen LogP contribution < -0.4 is 11.1 Å². The number of hydrogen-bond acceptors (Lipinski definition) is 5. The third-order valence-corrected chi connectivity index (χ3v) is 1.68. The highest BCUT2D eigenvalue weighted by atomic mass is 16.6. The minimum absolute atomic E-state index is 0.0518. The molecule has 0 aliphatic carbocycles. The zero-order chi connectivity index (χ0) is 11.1. The van der Waals surface area contributed by atoms with Crippen molar-refractivity contribution in [3.05, 3.63) is 52.2 Å². The molecule has 1 rings (SSSR count). The second-order valence-electron chi connectivity index (χ2n) is 2.87. The van der Waals surface area contributed by atoms with Gasteiger partial charge in [0.15, 0.2) is 5.82 Å². The molecule has 0 spiro atoms. The normalized spacial score (nSPS) is 11.1. The molecule has 1 heterocycles. The lowest BCUT2D eigenvalue weighted by Crippen LogP contribution is -2.23. The van der Waals surface area contributed by atoms with Crippen LogP contribution in [0.3, 0.4) is 0 Å². The highest BCUT2D eigenvalue weighted by molar-refractivity contribution is 5.04. The van der Waals surface area contributed by atoms with Crippen molar-refractivity contribution in [2.75, 3.05) is 6.54 Å². The van der Waals surface area contributed by atoms with E-state index in [1.807, 2.05) is 18.2 Å². The van der Waals surface area contributed by atoms with E-state index in [4.69, 9.17) is 5.73 Å². The van der Waals surface area contributed by atoms with Crippen LogP contribution in [0.5, 0.6) is 0 Å². The highest BCUT2D eigenvalue weighted by Crippen LogP contribution is 1.93. The van der Waals surface area contributed by atoms with E-state index in [2.05, 4.69) is 10.3 Å². The van der Waals surface area contributed by atoms with Crippen molar-refractivity contribution < 1.29 is 4.92 Å². The number of rotatable bonds is 5. The lowest BCUT2D eigenvalue weighted by Gasteiger charge is -2.03. The molecule has 1 aromatic heterocycles. The summed E-state index contributed by atoms with van der Waals surface area (Å²) >= 11 is 0. The number of pyridine rings is 1. The summed E-state index contributed by atoms with van der Waals surface area (Å²) in [5.74, 6) is 0.0518. The average Bonchev–Trinajstić information content (AvgIpc) is 2.18. The van der Waals surface area contributed by atoms with E-state index in [0.29, 0.717) is 13.0 Å². The Morgan fingerprint density at radius 2 is 2.47 bits per heavy atom. The molecular formula is C9H12N4O2. The van der Waals surface area contributed by atoms with Crippen molar-refractivity contribution in [3.8, 4) is 0 Å². The van der Waals surface area contributed by atoms with Crippen molar-refractivity contribution in [1.29, 1.82) is 0 Å². The Bertz CT molecular complexity index is 350. The van der Waals surface area contributed by atoms with Gasteiger partial charge in [-0.3, -0.25) is 15.1 Å². The van der Waals surface area contributed by atoms with Crippen LogP contribution in [0.2, 0.25) is 0 Å². The third-order valence-electron chi connectivity index (χ3n) is 1.68. The van der Waals surface area contributed by atoms with Gasteiger partial charge in [0, 0.05) is 24.9 Å². The molecule has 0 bridgehead atoms. The predicted molar refractivity (Wildman–Crippen MR) is 55.2 cm³/mol. The lowest BCUT2D eigenvalue weighted by atomic mass is 10.3. The lowest BCUT2D eigenvalue weighted by molar-refractivity contribution is -0.403. The predicted octanol–water partition coefficient (Wildman–Crippen LogP) is 0.248. The summed E-state index contributed by atoms with van der Waals surface area (Å²) in [4.78, 5) is 13.5.